The van der Waals surface area contributed by atoms with Crippen LogP contribution in [0.4, 0.5) is 0 Å². The molecule has 2 aromatic rings. The van der Waals surface area contributed by atoms with Crippen molar-refractivity contribution in [1.29, 1.82) is 5.26 Å². The third-order valence-electron chi connectivity index (χ3n) is 3.11. The summed E-state index contributed by atoms with van der Waals surface area (Å²) in [6.07, 6.45) is 0. The second kappa shape index (κ2) is 5.61. The van der Waals surface area contributed by atoms with Crippen molar-refractivity contribution >= 4 is 23.2 Å². The van der Waals surface area contributed by atoms with Gasteiger partial charge in [-0.3, -0.25) is 0 Å². The Bertz CT molecular complexity index is 660. The standard InChI is InChI=1S/C15H12Cl2N2/c1-9-3-4-11(7-10(9)2)12(8-18)15-13(16)5-6-14(17)19-15/h3-7,12H,1-2H3. The minimum atomic E-state index is -0.509. The first kappa shape index (κ1) is 13.9. The van der Waals surface area contributed by atoms with Crippen molar-refractivity contribution in [2.45, 2.75) is 19.8 Å². The van der Waals surface area contributed by atoms with E-state index in [0.717, 1.165) is 11.1 Å². The average Bonchev–Trinajstić information content (AvgIpc) is 2.38. The smallest absolute Gasteiger partial charge is 0.129 e. The molecule has 0 spiro atoms. The van der Waals surface area contributed by atoms with Crippen LogP contribution >= 0.6 is 23.2 Å². The number of nitriles is 1. The molecule has 0 N–H and O–H groups in total. The van der Waals surface area contributed by atoms with E-state index in [1.807, 2.05) is 32.0 Å². The zero-order valence-corrected chi connectivity index (χ0v) is 12.1. The molecule has 0 aliphatic carbocycles. The van der Waals surface area contributed by atoms with Gasteiger partial charge in [0.25, 0.3) is 0 Å². The van der Waals surface area contributed by atoms with E-state index in [9.17, 15) is 5.26 Å². The van der Waals surface area contributed by atoms with Crippen LogP contribution in [0.25, 0.3) is 0 Å². The Labute approximate surface area is 122 Å². The van der Waals surface area contributed by atoms with Gasteiger partial charge in [0.2, 0.25) is 0 Å². The third-order valence-corrected chi connectivity index (χ3v) is 3.64. The van der Waals surface area contributed by atoms with E-state index < -0.39 is 5.92 Å². The molecule has 0 saturated heterocycles. The quantitative estimate of drug-likeness (QED) is 0.754. The second-order valence-electron chi connectivity index (χ2n) is 4.41. The van der Waals surface area contributed by atoms with Crippen molar-refractivity contribution < 1.29 is 0 Å². The molecular formula is C15H12Cl2N2. The summed E-state index contributed by atoms with van der Waals surface area (Å²) in [4.78, 5) is 4.18. The molecule has 2 nitrogen and oxygen atoms in total. The van der Waals surface area contributed by atoms with Gasteiger partial charge in [0, 0.05) is 0 Å². The molecule has 0 radical (unpaired) electrons. The van der Waals surface area contributed by atoms with Crippen LogP contribution < -0.4 is 0 Å². The summed E-state index contributed by atoms with van der Waals surface area (Å²) in [5.41, 5.74) is 3.70. The largest absolute Gasteiger partial charge is 0.238 e. The summed E-state index contributed by atoms with van der Waals surface area (Å²) in [7, 11) is 0. The number of halogens is 2. The highest BCUT2D eigenvalue weighted by Crippen LogP contribution is 2.30. The Hall–Kier alpha value is -1.56. The molecule has 0 amide bonds. The van der Waals surface area contributed by atoms with Gasteiger partial charge < -0.3 is 0 Å². The van der Waals surface area contributed by atoms with Crippen LogP contribution in [0.5, 0.6) is 0 Å². The predicted octanol–water partition coefficient (Wildman–Crippen LogP) is 4.66. The maximum Gasteiger partial charge on any atom is 0.129 e. The molecule has 0 aliphatic heterocycles. The van der Waals surface area contributed by atoms with Crippen LogP contribution in [0.1, 0.15) is 28.3 Å². The molecule has 1 unspecified atom stereocenters. The van der Waals surface area contributed by atoms with E-state index in [-0.39, 0.29) is 0 Å². The molecule has 19 heavy (non-hydrogen) atoms. The van der Waals surface area contributed by atoms with Gasteiger partial charge in [0.1, 0.15) is 11.1 Å². The van der Waals surface area contributed by atoms with Crippen LogP contribution in [0.3, 0.4) is 0 Å². The van der Waals surface area contributed by atoms with Crippen LogP contribution in [0, 0.1) is 25.2 Å². The summed E-state index contributed by atoms with van der Waals surface area (Å²) in [6.45, 7) is 4.05. The number of nitrogens with zero attached hydrogens (tertiary/aromatic N) is 2. The van der Waals surface area contributed by atoms with Crippen LogP contribution in [0.2, 0.25) is 10.2 Å². The molecule has 2 rings (SSSR count). The molecular weight excluding hydrogens is 279 g/mol. The van der Waals surface area contributed by atoms with Gasteiger partial charge in [-0.05, 0) is 42.7 Å². The van der Waals surface area contributed by atoms with Crippen molar-refractivity contribution in [3.63, 3.8) is 0 Å². The Balaban J connectivity index is 2.53. The Morgan fingerprint density at radius 3 is 2.47 bits per heavy atom. The molecule has 1 aromatic carbocycles. The van der Waals surface area contributed by atoms with Gasteiger partial charge in [-0.1, -0.05) is 41.4 Å². The number of rotatable bonds is 2. The fourth-order valence-corrected chi connectivity index (χ4v) is 2.24. The summed E-state index contributed by atoms with van der Waals surface area (Å²) in [6, 6.07) is 11.4. The lowest BCUT2D eigenvalue weighted by molar-refractivity contribution is 0.962. The minimum absolute atomic E-state index is 0.337. The van der Waals surface area contributed by atoms with Crippen molar-refractivity contribution in [2.75, 3.05) is 0 Å². The lowest BCUT2D eigenvalue weighted by atomic mass is 9.94. The molecule has 96 valence electrons. The maximum absolute atomic E-state index is 9.42. The van der Waals surface area contributed by atoms with Crippen LogP contribution in [0.15, 0.2) is 30.3 Å². The molecule has 0 saturated carbocycles. The van der Waals surface area contributed by atoms with E-state index in [1.165, 1.54) is 5.56 Å². The van der Waals surface area contributed by atoms with Crippen molar-refractivity contribution in [1.82, 2.24) is 4.98 Å². The highest BCUT2D eigenvalue weighted by Gasteiger charge is 2.19. The van der Waals surface area contributed by atoms with Gasteiger partial charge in [0.15, 0.2) is 0 Å². The van der Waals surface area contributed by atoms with Crippen molar-refractivity contribution in [3.8, 4) is 6.07 Å². The summed E-state index contributed by atoms with van der Waals surface area (Å²) >= 11 is 12.0. The zero-order chi connectivity index (χ0) is 14.0. The molecule has 0 aliphatic rings. The van der Waals surface area contributed by atoms with Gasteiger partial charge in [-0.2, -0.15) is 5.26 Å². The summed E-state index contributed by atoms with van der Waals surface area (Å²) in [5.74, 6) is -0.509. The van der Waals surface area contributed by atoms with E-state index in [1.54, 1.807) is 12.1 Å². The monoisotopic (exact) mass is 290 g/mol. The fraction of sp³-hybridized carbons (Fsp3) is 0.200. The van der Waals surface area contributed by atoms with E-state index in [4.69, 9.17) is 23.2 Å². The van der Waals surface area contributed by atoms with Crippen LogP contribution in [-0.2, 0) is 0 Å². The summed E-state index contributed by atoms with van der Waals surface area (Å²) in [5, 5.41) is 10.2. The number of hydrogen-bond donors (Lipinski definition) is 0. The second-order valence-corrected chi connectivity index (χ2v) is 5.20. The molecule has 0 fully saturated rings. The van der Waals surface area contributed by atoms with Gasteiger partial charge in [0.05, 0.1) is 16.8 Å². The fourth-order valence-electron chi connectivity index (χ4n) is 1.87. The van der Waals surface area contributed by atoms with Crippen molar-refractivity contribution in [2.24, 2.45) is 0 Å². The number of hydrogen-bond acceptors (Lipinski definition) is 2. The van der Waals surface area contributed by atoms with Gasteiger partial charge in [-0.25, -0.2) is 4.98 Å². The molecule has 0 bridgehead atoms. The lowest BCUT2D eigenvalue weighted by Crippen LogP contribution is -2.03. The van der Waals surface area contributed by atoms with E-state index in [2.05, 4.69) is 11.1 Å². The molecule has 4 heteroatoms. The normalized spacial score (nSPS) is 11.9. The number of benzene rings is 1. The topological polar surface area (TPSA) is 36.7 Å². The first-order valence-corrected chi connectivity index (χ1v) is 6.57. The van der Waals surface area contributed by atoms with Crippen molar-refractivity contribution in [3.05, 3.63) is 62.9 Å². The summed E-state index contributed by atoms with van der Waals surface area (Å²) < 4.78 is 0. The SMILES string of the molecule is Cc1ccc(C(C#N)c2nc(Cl)ccc2Cl)cc1C. The lowest BCUT2D eigenvalue weighted by Gasteiger charge is -2.12. The first-order valence-electron chi connectivity index (χ1n) is 5.81. The predicted molar refractivity (Wildman–Crippen MR) is 77.6 cm³/mol. The molecule has 1 atom stereocenters. The van der Waals surface area contributed by atoms with Crippen LogP contribution in [-0.4, -0.2) is 4.98 Å². The Kier molecular flexibility index (Phi) is 4.09. The number of aromatic nitrogens is 1. The van der Waals surface area contributed by atoms with Gasteiger partial charge >= 0.3 is 0 Å². The third kappa shape index (κ3) is 2.89. The molecule has 1 aromatic heterocycles. The van der Waals surface area contributed by atoms with E-state index in [0.29, 0.717) is 15.9 Å². The highest BCUT2D eigenvalue weighted by molar-refractivity contribution is 6.32. The first-order chi connectivity index (χ1) is 9.02. The number of aryl methyl sites for hydroxylation is 2. The average molecular weight is 291 g/mol. The maximum atomic E-state index is 9.42. The van der Waals surface area contributed by atoms with E-state index >= 15 is 0 Å². The Morgan fingerprint density at radius 2 is 1.84 bits per heavy atom. The minimum Gasteiger partial charge on any atom is -0.238 e. The molecule has 1 heterocycles. The van der Waals surface area contributed by atoms with Gasteiger partial charge in [-0.15, -0.1) is 0 Å². The highest BCUT2D eigenvalue weighted by atomic mass is 35.5. The number of pyridine rings is 1. The zero-order valence-electron chi connectivity index (χ0n) is 10.6. The Morgan fingerprint density at radius 1 is 1.11 bits per heavy atom.